The fraction of sp³-hybridized carbons (Fsp3) is 0.231. The SMILES string of the molecule is COc1ccc(CCCCOc2ccc(CSc3c(F)cccc3F)nc2/C=C/C(=O)O)cc1. The molecule has 0 bridgehead atoms. The van der Waals surface area contributed by atoms with Gasteiger partial charge in [-0.3, -0.25) is 0 Å². The van der Waals surface area contributed by atoms with Crippen LogP contribution in [0.4, 0.5) is 8.78 Å². The Hall–Kier alpha value is -3.39. The van der Waals surface area contributed by atoms with Crippen LogP contribution in [0.1, 0.15) is 29.8 Å². The topological polar surface area (TPSA) is 68.7 Å². The molecule has 1 aromatic heterocycles. The van der Waals surface area contributed by atoms with Crippen molar-refractivity contribution in [1.82, 2.24) is 4.98 Å². The van der Waals surface area contributed by atoms with Gasteiger partial charge in [-0.2, -0.15) is 0 Å². The molecule has 178 valence electrons. The van der Waals surface area contributed by atoms with Crippen molar-refractivity contribution in [3.8, 4) is 11.5 Å². The number of aromatic nitrogens is 1. The molecule has 1 N–H and O–H groups in total. The largest absolute Gasteiger partial charge is 0.497 e. The molecule has 0 atom stereocenters. The maximum Gasteiger partial charge on any atom is 0.328 e. The first-order chi connectivity index (χ1) is 16.5. The van der Waals surface area contributed by atoms with E-state index in [1.54, 1.807) is 19.2 Å². The lowest BCUT2D eigenvalue weighted by Gasteiger charge is -2.11. The first-order valence-corrected chi connectivity index (χ1v) is 11.7. The van der Waals surface area contributed by atoms with Gasteiger partial charge in [0, 0.05) is 11.8 Å². The maximum atomic E-state index is 13.9. The van der Waals surface area contributed by atoms with Crippen LogP contribution >= 0.6 is 11.8 Å². The summed E-state index contributed by atoms with van der Waals surface area (Å²) in [4.78, 5) is 15.3. The van der Waals surface area contributed by atoms with Crippen molar-refractivity contribution >= 4 is 23.8 Å². The van der Waals surface area contributed by atoms with Gasteiger partial charge in [0.2, 0.25) is 0 Å². The van der Waals surface area contributed by atoms with Gasteiger partial charge < -0.3 is 14.6 Å². The Bertz CT molecular complexity index is 1120. The Labute approximate surface area is 201 Å². The molecule has 8 heteroatoms. The number of aryl methyl sites for hydroxylation is 1. The molecule has 0 fully saturated rings. The predicted octanol–water partition coefficient (Wildman–Crippen LogP) is 6.16. The number of ether oxygens (including phenoxy) is 2. The van der Waals surface area contributed by atoms with Gasteiger partial charge in [0.15, 0.2) is 0 Å². The Morgan fingerprint density at radius 3 is 2.47 bits per heavy atom. The number of rotatable bonds is 12. The lowest BCUT2D eigenvalue weighted by atomic mass is 10.1. The highest BCUT2D eigenvalue weighted by molar-refractivity contribution is 7.98. The minimum atomic E-state index is -1.11. The van der Waals surface area contributed by atoms with Gasteiger partial charge in [0.25, 0.3) is 0 Å². The maximum absolute atomic E-state index is 13.9. The van der Waals surface area contributed by atoms with Crippen LogP contribution in [0.15, 0.2) is 65.6 Å². The average molecular weight is 486 g/mol. The number of carboxylic acid groups (broad SMARTS) is 1. The van der Waals surface area contributed by atoms with Gasteiger partial charge in [-0.15, -0.1) is 11.8 Å². The Kier molecular flexibility index (Phi) is 9.46. The van der Waals surface area contributed by atoms with Crippen molar-refractivity contribution in [1.29, 1.82) is 0 Å². The number of aliphatic carboxylic acids is 1. The van der Waals surface area contributed by atoms with E-state index in [1.807, 2.05) is 24.3 Å². The number of carboxylic acids is 1. The summed E-state index contributed by atoms with van der Waals surface area (Å²) in [5, 5.41) is 8.98. The van der Waals surface area contributed by atoms with Crippen molar-refractivity contribution in [3.63, 3.8) is 0 Å². The Morgan fingerprint density at radius 1 is 1.06 bits per heavy atom. The summed E-state index contributed by atoms with van der Waals surface area (Å²) in [6.07, 6.45) is 4.96. The summed E-state index contributed by atoms with van der Waals surface area (Å²) < 4.78 is 38.7. The molecule has 0 amide bonds. The molecule has 0 aliphatic heterocycles. The second-order valence-electron chi connectivity index (χ2n) is 7.35. The third-order valence-corrected chi connectivity index (χ3v) is 6.01. The van der Waals surface area contributed by atoms with E-state index in [1.165, 1.54) is 29.8 Å². The van der Waals surface area contributed by atoms with E-state index in [2.05, 4.69) is 4.98 Å². The zero-order chi connectivity index (χ0) is 24.3. The number of carbonyl (C=O) groups is 1. The summed E-state index contributed by atoms with van der Waals surface area (Å²) in [6, 6.07) is 15.0. The van der Waals surface area contributed by atoms with Gasteiger partial charge in [0.1, 0.15) is 28.8 Å². The molecule has 34 heavy (non-hydrogen) atoms. The zero-order valence-corrected chi connectivity index (χ0v) is 19.5. The van der Waals surface area contributed by atoms with E-state index in [0.717, 1.165) is 42.8 Å². The molecule has 1 heterocycles. The van der Waals surface area contributed by atoms with Crippen LogP contribution in [0.25, 0.3) is 6.08 Å². The second kappa shape index (κ2) is 12.7. The number of thioether (sulfide) groups is 1. The van der Waals surface area contributed by atoms with E-state index in [0.29, 0.717) is 23.7 Å². The van der Waals surface area contributed by atoms with Crippen LogP contribution in [0.3, 0.4) is 0 Å². The third-order valence-electron chi connectivity index (χ3n) is 4.89. The van der Waals surface area contributed by atoms with Gasteiger partial charge in [-0.1, -0.05) is 18.2 Å². The second-order valence-corrected chi connectivity index (χ2v) is 8.34. The van der Waals surface area contributed by atoms with E-state index in [9.17, 15) is 13.6 Å². The fourth-order valence-corrected chi connectivity index (χ4v) is 4.01. The number of methoxy groups -OCH3 is 1. The number of hydrogen-bond donors (Lipinski definition) is 1. The fourth-order valence-electron chi connectivity index (χ4n) is 3.15. The van der Waals surface area contributed by atoms with E-state index in [4.69, 9.17) is 14.6 Å². The van der Waals surface area contributed by atoms with E-state index < -0.39 is 17.6 Å². The Morgan fingerprint density at radius 2 is 1.79 bits per heavy atom. The number of benzene rings is 2. The van der Waals surface area contributed by atoms with E-state index in [-0.39, 0.29) is 10.6 Å². The molecule has 3 rings (SSSR count). The zero-order valence-electron chi connectivity index (χ0n) is 18.7. The first kappa shape index (κ1) is 25.2. The van der Waals surface area contributed by atoms with Crippen LogP contribution in [0.2, 0.25) is 0 Å². The average Bonchev–Trinajstić information content (AvgIpc) is 2.83. The highest BCUT2D eigenvalue weighted by atomic mass is 32.2. The Balaban J connectivity index is 1.58. The lowest BCUT2D eigenvalue weighted by molar-refractivity contribution is -0.131. The highest BCUT2D eigenvalue weighted by Crippen LogP contribution is 2.29. The van der Waals surface area contributed by atoms with Crippen molar-refractivity contribution in [2.75, 3.05) is 13.7 Å². The van der Waals surface area contributed by atoms with E-state index >= 15 is 0 Å². The molecule has 0 aliphatic carbocycles. The van der Waals surface area contributed by atoms with Crippen molar-refractivity contribution in [3.05, 3.63) is 89.3 Å². The van der Waals surface area contributed by atoms with Crippen LogP contribution in [-0.2, 0) is 17.0 Å². The van der Waals surface area contributed by atoms with Crippen LogP contribution in [0.5, 0.6) is 11.5 Å². The summed E-state index contributed by atoms with van der Waals surface area (Å²) in [5.74, 6) is -0.889. The van der Waals surface area contributed by atoms with Crippen molar-refractivity contribution in [2.45, 2.75) is 29.9 Å². The quantitative estimate of drug-likeness (QED) is 0.188. The monoisotopic (exact) mass is 485 g/mol. The molecule has 5 nitrogen and oxygen atoms in total. The van der Waals surface area contributed by atoms with Gasteiger partial charge in [-0.05, 0) is 67.3 Å². The minimum absolute atomic E-state index is 0.0795. The molecule has 3 aromatic rings. The lowest BCUT2D eigenvalue weighted by Crippen LogP contribution is -2.02. The van der Waals surface area contributed by atoms with Gasteiger partial charge in [-0.25, -0.2) is 18.6 Å². The summed E-state index contributed by atoms with van der Waals surface area (Å²) in [7, 11) is 1.63. The number of unbranched alkanes of at least 4 members (excludes halogenated alkanes) is 1. The molecule has 0 saturated heterocycles. The van der Waals surface area contributed by atoms with Crippen LogP contribution in [0, 0.1) is 11.6 Å². The molecule has 0 radical (unpaired) electrons. The van der Waals surface area contributed by atoms with Gasteiger partial charge in [0.05, 0.1) is 24.3 Å². The normalized spacial score (nSPS) is 11.0. The van der Waals surface area contributed by atoms with Crippen molar-refractivity contribution in [2.24, 2.45) is 0 Å². The molecule has 0 saturated carbocycles. The predicted molar refractivity (Wildman–Crippen MR) is 128 cm³/mol. The summed E-state index contributed by atoms with van der Waals surface area (Å²) in [5.41, 5.74) is 2.11. The number of halogens is 2. The molecule has 0 unspecified atom stereocenters. The van der Waals surface area contributed by atoms with Gasteiger partial charge >= 0.3 is 5.97 Å². The highest BCUT2D eigenvalue weighted by Gasteiger charge is 2.11. The third kappa shape index (κ3) is 7.59. The van der Waals surface area contributed by atoms with Crippen molar-refractivity contribution < 1.29 is 28.2 Å². The molecule has 0 spiro atoms. The molecule has 0 aliphatic rings. The number of hydrogen-bond acceptors (Lipinski definition) is 5. The molecular weight excluding hydrogens is 460 g/mol. The molecular formula is C26H25F2NO4S. The summed E-state index contributed by atoms with van der Waals surface area (Å²) in [6.45, 7) is 0.445. The summed E-state index contributed by atoms with van der Waals surface area (Å²) >= 11 is 0.989. The standard InChI is InChI=1S/C26H25F2NO4S/c1-32-20-11-8-18(9-12-20)5-2-3-16-33-24-14-10-19(29-23(24)13-15-25(30)31)17-34-26-21(27)6-4-7-22(26)28/h4,6-15H,2-3,5,16-17H2,1H3,(H,30,31)/b15-13+. The smallest absolute Gasteiger partial charge is 0.328 e. The first-order valence-electron chi connectivity index (χ1n) is 10.7. The number of pyridine rings is 1. The number of nitrogens with zero attached hydrogens (tertiary/aromatic N) is 1. The molecule has 2 aromatic carbocycles. The minimum Gasteiger partial charge on any atom is -0.497 e. The van der Waals surface area contributed by atoms with Crippen LogP contribution < -0.4 is 9.47 Å². The van der Waals surface area contributed by atoms with Crippen LogP contribution in [-0.4, -0.2) is 29.8 Å².